The summed E-state index contributed by atoms with van der Waals surface area (Å²) in [6.45, 7) is 0.107. The zero-order valence-electron chi connectivity index (χ0n) is 5.48. The first-order valence-electron chi connectivity index (χ1n) is 2.87. The maximum atomic E-state index is 12.7. The Labute approximate surface area is 72.0 Å². The molecule has 1 unspecified atom stereocenters. The maximum Gasteiger partial charge on any atom is 0.288 e. The summed E-state index contributed by atoms with van der Waals surface area (Å²) < 4.78 is 31.5. The van der Waals surface area contributed by atoms with Crippen LogP contribution in [0.4, 0.5) is 8.78 Å². The number of ether oxygens (including phenoxy) is 1. The van der Waals surface area contributed by atoms with E-state index in [0.29, 0.717) is 6.54 Å². The fraction of sp³-hybridized carbons (Fsp3) is 1.00. The van der Waals surface area contributed by atoms with Crippen molar-refractivity contribution in [2.45, 2.75) is 12.0 Å². The minimum atomic E-state index is -2.67. The highest BCUT2D eigenvalue weighted by molar-refractivity contribution is 14.1. The average molecular weight is 263 g/mol. The van der Waals surface area contributed by atoms with Crippen LogP contribution >= 0.6 is 22.9 Å². The van der Waals surface area contributed by atoms with E-state index in [4.69, 9.17) is 0 Å². The van der Waals surface area contributed by atoms with Crippen LogP contribution < -0.4 is 0 Å². The molecule has 0 bridgehead atoms. The smallest absolute Gasteiger partial charge is 0.288 e. The summed E-state index contributed by atoms with van der Waals surface area (Å²) in [5, 5.41) is 0. The molecule has 0 amide bonds. The molecular formula is C5H8F2INO. The first kappa shape index (κ1) is 8.61. The molecule has 5 heteroatoms. The van der Waals surface area contributed by atoms with Crippen molar-refractivity contribution in [2.24, 2.45) is 0 Å². The van der Waals surface area contributed by atoms with Crippen molar-refractivity contribution in [1.29, 1.82) is 0 Å². The maximum absolute atomic E-state index is 12.7. The van der Waals surface area contributed by atoms with E-state index >= 15 is 0 Å². The van der Waals surface area contributed by atoms with Crippen LogP contribution in [0.25, 0.3) is 0 Å². The van der Waals surface area contributed by atoms with Gasteiger partial charge in [-0.1, -0.05) is 0 Å². The molecule has 1 rings (SSSR count). The van der Waals surface area contributed by atoms with Gasteiger partial charge in [-0.05, 0) is 0 Å². The summed E-state index contributed by atoms with van der Waals surface area (Å²) in [6, 6.07) is 0. The molecule has 0 aromatic heterocycles. The van der Waals surface area contributed by atoms with E-state index in [-0.39, 0.29) is 6.54 Å². The van der Waals surface area contributed by atoms with E-state index < -0.39 is 12.0 Å². The van der Waals surface area contributed by atoms with Crippen molar-refractivity contribution in [3.05, 3.63) is 0 Å². The fourth-order valence-electron chi connectivity index (χ4n) is 0.956. The second kappa shape index (κ2) is 2.86. The number of rotatable bonds is 1. The number of hydrogen-bond donors (Lipinski definition) is 0. The molecule has 0 aromatic rings. The zero-order valence-corrected chi connectivity index (χ0v) is 7.64. The molecule has 0 aromatic carbocycles. The molecule has 1 heterocycles. The first-order chi connectivity index (χ1) is 4.56. The number of hydrogen-bond acceptors (Lipinski definition) is 2. The topological polar surface area (TPSA) is 12.5 Å². The Morgan fingerprint density at radius 1 is 1.70 bits per heavy atom. The van der Waals surface area contributed by atoms with Crippen LogP contribution in [-0.4, -0.2) is 35.3 Å². The molecule has 2 nitrogen and oxygen atoms in total. The van der Waals surface area contributed by atoms with Gasteiger partial charge in [0.05, 0.1) is 6.54 Å². The minimum Gasteiger partial charge on any atom is -0.374 e. The van der Waals surface area contributed by atoms with Gasteiger partial charge in [0.2, 0.25) is 0 Å². The first-order valence-corrected chi connectivity index (χ1v) is 3.84. The summed E-state index contributed by atoms with van der Waals surface area (Å²) in [5.74, 6) is -2.67. The van der Waals surface area contributed by atoms with Gasteiger partial charge in [-0.15, -0.1) is 0 Å². The predicted molar refractivity (Wildman–Crippen MR) is 41.3 cm³/mol. The molecule has 0 radical (unpaired) electrons. The molecule has 0 spiro atoms. The van der Waals surface area contributed by atoms with E-state index in [9.17, 15) is 8.78 Å². The lowest BCUT2D eigenvalue weighted by Crippen LogP contribution is -2.32. The summed E-state index contributed by atoms with van der Waals surface area (Å²) in [7, 11) is 1.31. The van der Waals surface area contributed by atoms with Crippen LogP contribution in [0, 0.1) is 0 Å². The van der Waals surface area contributed by atoms with Gasteiger partial charge in [0.25, 0.3) is 5.92 Å². The summed E-state index contributed by atoms with van der Waals surface area (Å²) in [4.78, 5) is 0. The second-order valence-electron chi connectivity index (χ2n) is 2.29. The Kier molecular flexibility index (Phi) is 2.46. The fourth-order valence-corrected chi connectivity index (χ4v) is 1.77. The van der Waals surface area contributed by atoms with Gasteiger partial charge < -0.3 is 4.74 Å². The van der Waals surface area contributed by atoms with Crippen LogP contribution in [0.2, 0.25) is 0 Å². The van der Waals surface area contributed by atoms with Gasteiger partial charge >= 0.3 is 0 Å². The Morgan fingerprint density at radius 3 is 2.50 bits per heavy atom. The molecule has 0 N–H and O–H groups in total. The molecule has 1 atom stereocenters. The minimum absolute atomic E-state index is 0.202. The van der Waals surface area contributed by atoms with E-state index in [2.05, 4.69) is 4.74 Å². The molecule has 0 aliphatic carbocycles. The monoisotopic (exact) mass is 263 g/mol. The van der Waals surface area contributed by atoms with Crippen molar-refractivity contribution in [2.75, 3.05) is 20.2 Å². The summed E-state index contributed by atoms with van der Waals surface area (Å²) in [5.41, 5.74) is 0. The van der Waals surface area contributed by atoms with E-state index in [0.717, 1.165) is 0 Å². The van der Waals surface area contributed by atoms with Gasteiger partial charge in [-0.3, -0.25) is 0 Å². The van der Waals surface area contributed by atoms with Crippen molar-refractivity contribution in [1.82, 2.24) is 3.11 Å². The Bertz CT molecular complexity index is 133. The zero-order chi connectivity index (χ0) is 7.78. The molecular weight excluding hydrogens is 255 g/mol. The lowest BCUT2D eigenvalue weighted by atomic mass is 10.2. The third kappa shape index (κ3) is 1.57. The summed E-state index contributed by atoms with van der Waals surface area (Å²) in [6.07, 6.45) is -0.926. The van der Waals surface area contributed by atoms with Crippen molar-refractivity contribution in [3.63, 3.8) is 0 Å². The summed E-state index contributed by atoms with van der Waals surface area (Å²) >= 11 is 1.87. The van der Waals surface area contributed by atoms with Crippen molar-refractivity contribution >= 4 is 22.9 Å². The highest BCUT2D eigenvalue weighted by atomic mass is 127. The highest BCUT2D eigenvalue weighted by Gasteiger charge is 2.47. The van der Waals surface area contributed by atoms with Crippen LogP contribution in [-0.2, 0) is 4.74 Å². The lowest BCUT2D eigenvalue weighted by molar-refractivity contribution is -0.0894. The van der Waals surface area contributed by atoms with E-state index in [1.807, 2.05) is 22.9 Å². The molecule has 10 heavy (non-hydrogen) atoms. The van der Waals surface area contributed by atoms with E-state index in [1.165, 1.54) is 10.2 Å². The van der Waals surface area contributed by atoms with Gasteiger partial charge in [-0.25, -0.2) is 11.9 Å². The van der Waals surface area contributed by atoms with Crippen LogP contribution in [0.1, 0.15) is 0 Å². The van der Waals surface area contributed by atoms with Crippen molar-refractivity contribution < 1.29 is 13.5 Å². The Balaban J connectivity index is 2.58. The normalized spacial score (nSPS) is 33.0. The molecule has 1 saturated heterocycles. The van der Waals surface area contributed by atoms with Gasteiger partial charge in [-0.2, -0.15) is 0 Å². The largest absolute Gasteiger partial charge is 0.374 e. The number of alkyl halides is 2. The quantitative estimate of drug-likeness (QED) is 0.522. The average Bonchev–Trinajstić information content (AvgIpc) is 2.04. The highest BCUT2D eigenvalue weighted by Crippen LogP contribution is 2.31. The molecule has 1 aliphatic rings. The van der Waals surface area contributed by atoms with Crippen LogP contribution in [0.3, 0.4) is 0 Å². The third-order valence-electron chi connectivity index (χ3n) is 1.50. The molecule has 0 saturated carbocycles. The van der Waals surface area contributed by atoms with Gasteiger partial charge in [0, 0.05) is 36.5 Å². The number of halogens is 3. The van der Waals surface area contributed by atoms with Crippen LogP contribution in [0.15, 0.2) is 0 Å². The Hall–Kier alpha value is 0.510. The SMILES string of the molecule is COC1CN(I)CC1(F)F. The molecule has 60 valence electrons. The van der Waals surface area contributed by atoms with Gasteiger partial charge in [0.15, 0.2) is 0 Å². The van der Waals surface area contributed by atoms with E-state index in [1.54, 1.807) is 0 Å². The lowest BCUT2D eigenvalue weighted by Gasteiger charge is -2.14. The molecule has 1 aliphatic heterocycles. The van der Waals surface area contributed by atoms with Crippen molar-refractivity contribution in [3.8, 4) is 0 Å². The third-order valence-corrected chi connectivity index (χ3v) is 2.24. The van der Waals surface area contributed by atoms with Crippen LogP contribution in [0.5, 0.6) is 0 Å². The van der Waals surface area contributed by atoms with Gasteiger partial charge in [0.1, 0.15) is 6.10 Å². The second-order valence-corrected chi connectivity index (χ2v) is 3.65. The number of nitrogens with zero attached hydrogens (tertiary/aromatic N) is 1. The standard InChI is InChI=1S/C5H8F2INO/c1-10-4-2-9(8)3-5(4,6)7/h4H,2-3H2,1H3. The number of methoxy groups -OCH3 is 1. The predicted octanol–water partition coefficient (Wildman–Crippen LogP) is 1.30. The molecule has 1 fully saturated rings. The Morgan fingerprint density at radius 2 is 2.30 bits per heavy atom.